The van der Waals surface area contributed by atoms with Gasteiger partial charge in [-0.15, -0.1) is 10.2 Å². The van der Waals surface area contributed by atoms with Gasteiger partial charge in [0.25, 0.3) is 0 Å². The first kappa shape index (κ1) is 16.5. The number of hydrogen-bond acceptors (Lipinski definition) is 4. The predicted molar refractivity (Wildman–Crippen MR) is 83.0 cm³/mol. The third-order valence-electron chi connectivity index (χ3n) is 4.39. The van der Waals surface area contributed by atoms with E-state index in [2.05, 4.69) is 20.6 Å². The number of rotatable bonds is 4. The zero-order valence-electron chi connectivity index (χ0n) is 13.4. The van der Waals surface area contributed by atoms with Gasteiger partial charge in [0, 0.05) is 37.9 Å². The second-order valence-corrected chi connectivity index (χ2v) is 6.26. The van der Waals surface area contributed by atoms with Crippen molar-refractivity contribution in [2.45, 2.75) is 38.2 Å². The largest absolute Gasteiger partial charge is 0.341 e. The number of nitrogens with zero attached hydrogens (tertiary/aromatic N) is 4. The van der Waals surface area contributed by atoms with Crippen LogP contribution in [-0.4, -0.2) is 44.4 Å². The molecule has 0 unspecified atom stereocenters. The Morgan fingerprint density at radius 1 is 1.38 bits per heavy atom. The number of carbonyl (C=O) groups is 1. The van der Waals surface area contributed by atoms with Gasteiger partial charge in [0.05, 0.1) is 0 Å². The standard InChI is InChI=1S/C16H19F2N5O/c1-23(15(24)12-5-7-16(17,18)8-6-12)10-11-3-2-4-13(9-11)14-19-21-22-20-14/h2-4,9,12H,5-8,10H2,1H3,(H,19,20,21,22). The summed E-state index contributed by atoms with van der Waals surface area (Å²) in [5.41, 5.74) is 1.73. The Morgan fingerprint density at radius 3 is 2.79 bits per heavy atom. The van der Waals surface area contributed by atoms with E-state index in [1.165, 1.54) is 0 Å². The van der Waals surface area contributed by atoms with E-state index in [0.29, 0.717) is 12.4 Å². The lowest BCUT2D eigenvalue weighted by atomic mass is 9.86. The smallest absolute Gasteiger partial charge is 0.248 e. The molecule has 3 rings (SSSR count). The lowest BCUT2D eigenvalue weighted by Gasteiger charge is -2.30. The summed E-state index contributed by atoms with van der Waals surface area (Å²) in [5, 5.41) is 13.8. The van der Waals surface area contributed by atoms with Crippen molar-refractivity contribution in [1.29, 1.82) is 0 Å². The number of H-pyrrole nitrogens is 1. The summed E-state index contributed by atoms with van der Waals surface area (Å²) < 4.78 is 26.4. The highest BCUT2D eigenvalue weighted by Gasteiger charge is 2.38. The van der Waals surface area contributed by atoms with Gasteiger partial charge < -0.3 is 4.90 Å². The molecular formula is C16H19F2N5O. The van der Waals surface area contributed by atoms with Crippen LogP contribution in [0.25, 0.3) is 11.4 Å². The third-order valence-corrected chi connectivity index (χ3v) is 4.39. The number of hydrogen-bond donors (Lipinski definition) is 1. The van der Waals surface area contributed by atoms with E-state index in [-0.39, 0.29) is 37.5 Å². The molecule has 1 aliphatic carbocycles. The summed E-state index contributed by atoms with van der Waals surface area (Å²) in [4.78, 5) is 14.1. The van der Waals surface area contributed by atoms with Crippen molar-refractivity contribution in [3.63, 3.8) is 0 Å². The van der Waals surface area contributed by atoms with Crippen molar-refractivity contribution in [3.05, 3.63) is 29.8 Å². The summed E-state index contributed by atoms with van der Waals surface area (Å²) in [6, 6.07) is 7.52. The molecule has 24 heavy (non-hydrogen) atoms. The van der Waals surface area contributed by atoms with Gasteiger partial charge in [-0.3, -0.25) is 4.79 Å². The first-order chi connectivity index (χ1) is 11.4. The van der Waals surface area contributed by atoms with Crippen molar-refractivity contribution in [2.75, 3.05) is 7.05 Å². The molecule has 0 spiro atoms. The third kappa shape index (κ3) is 3.74. The molecule has 0 saturated heterocycles. The number of aromatic amines is 1. The van der Waals surface area contributed by atoms with E-state index in [4.69, 9.17) is 0 Å². The average Bonchev–Trinajstić information content (AvgIpc) is 3.09. The van der Waals surface area contributed by atoms with Crippen molar-refractivity contribution in [1.82, 2.24) is 25.5 Å². The highest BCUT2D eigenvalue weighted by molar-refractivity contribution is 5.78. The van der Waals surface area contributed by atoms with Gasteiger partial charge in [-0.1, -0.05) is 18.2 Å². The molecule has 1 saturated carbocycles. The zero-order valence-corrected chi connectivity index (χ0v) is 13.4. The van der Waals surface area contributed by atoms with Crippen LogP contribution in [0.2, 0.25) is 0 Å². The fraction of sp³-hybridized carbons (Fsp3) is 0.500. The molecule has 0 bridgehead atoms. The Bertz CT molecular complexity index is 694. The number of carbonyl (C=O) groups excluding carboxylic acids is 1. The Hall–Kier alpha value is -2.38. The van der Waals surface area contributed by atoms with Crippen molar-refractivity contribution < 1.29 is 13.6 Å². The van der Waals surface area contributed by atoms with E-state index in [0.717, 1.165) is 11.1 Å². The SMILES string of the molecule is CN(Cc1cccc(-c2nn[nH]n2)c1)C(=O)C1CCC(F)(F)CC1. The number of nitrogens with one attached hydrogen (secondary N) is 1. The van der Waals surface area contributed by atoms with E-state index in [1.54, 1.807) is 11.9 Å². The topological polar surface area (TPSA) is 74.8 Å². The molecule has 0 aliphatic heterocycles. The highest BCUT2D eigenvalue weighted by Crippen LogP contribution is 2.36. The number of amides is 1. The molecule has 2 aromatic rings. The van der Waals surface area contributed by atoms with E-state index >= 15 is 0 Å². The number of tetrazole rings is 1. The molecule has 0 radical (unpaired) electrons. The summed E-state index contributed by atoms with van der Waals surface area (Å²) >= 11 is 0. The normalized spacial score (nSPS) is 17.6. The van der Waals surface area contributed by atoms with Crippen LogP contribution in [0.4, 0.5) is 8.78 Å². The van der Waals surface area contributed by atoms with Crippen LogP contribution < -0.4 is 0 Å². The van der Waals surface area contributed by atoms with Gasteiger partial charge in [-0.2, -0.15) is 5.21 Å². The molecule has 8 heteroatoms. The minimum Gasteiger partial charge on any atom is -0.341 e. The van der Waals surface area contributed by atoms with Gasteiger partial charge in [0.15, 0.2) is 0 Å². The summed E-state index contributed by atoms with van der Waals surface area (Å²) in [7, 11) is 1.70. The molecule has 1 heterocycles. The molecule has 1 fully saturated rings. The van der Waals surface area contributed by atoms with Crippen molar-refractivity contribution in [2.24, 2.45) is 5.92 Å². The average molecular weight is 335 g/mol. The minimum absolute atomic E-state index is 0.0736. The molecular weight excluding hydrogens is 316 g/mol. The van der Waals surface area contributed by atoms with Gasteiger partial charge in [-0.05, 0) is 29.7 Å². The monoisotopic (exact) mass is 335 g/mol. The van der Waals surface area contributed by atoms with Gasteiger partial charge in [-0.25, -0.2) is 8.78 Å². The van der Waals surface area contributed by atoms with Gasteiger partial charge in [0.1, 0.15) is 0 Å². The molecule has 1 aromatic carbocycles. The van der Waals surface area contributed by atoms with Gasteiger partial charge >= 0.3 is 0 Å². The van der Waals surface area contributed by atoms with E-state index in [1.807, 2.05) is 24.3 Å². The molecule has 1 aromatic heterocycles. The summed E-state index contributed by atoms with van der Waals surface area (Å²) in [6.07, 6.45) is 0.0905. The predicted octanol–water partition coefficient (Wildman–Crippen LogP) is 2.65. The summed E-state index contributed by atoms with van der Waals surface area (Å²) in [6.45, 7) is 0.414. The van der Waals surface area contributed by atoms with E-state index < -0.39 is 5.92 Å². The molecule has 1 amide bonds. The Kier molecular flexibility index (Phi) is 4.55. The maximum absolute atomic E-state index is 13.2. The van der Waals surface area contributed by atoms with Crippen LogP contribution in [0.5, 0.6) is 0 Å². The molecule has 1 aliphatic rings. The maximum atomic E-state index is 13.2. The van der Waals surface area contributed by atoms with Crippen molar-refractivity contribution >= 4 is 5.91 Å². The van der Waals surface area contributed by atoms with Gasteiger partial charge in [0.2, 0.25) is 17.7 Å². The number of benzene rings is 1. The Balaban J connectivity index is 1.63. The van der Waals surface area contributed by atoms with Crippen LogP contribution in [0.3, 0.4) is 0 Å². The number of alkyl halides is 2. The molecule has 0 atom stereocenters. The van der Waals surface area contributed by atoms with Crippen LogP contribution in [0.1, 0.15) is 31.2 Å². The summed E-state index contributed by atoms with van der Waals surface area (Å²) in [5.74, 6) is -2.51. The zero-order chi connectivity index (χ0) is 17.2. The maximum Gasteiger partial charge on any atom is 0.248 e. The first-order valence-corrected chi connectivity index (χ1v) is 7.90. The minimum atomic E-state index is -2.62. The quantitative estimate of drug-likeness (QED) is 0.932. The Morgan fingerprint density at radius 2 is 2.12 bits per heavy atom. The lowest BCUT2D eigenvalue weighted by molar-refractivity contribution is -0.138. The number of aromatic nitrogens is 4. The van der Waals surface area contributed by atoms with Crippen molar-refractivity contribution in [3.8, 4) is 11.4 Å². The first-order valence-electron chi connectivity index (χ1n) is 7.90. The molecule has 1 N–H and O–H groups in total. The molecule has 6 nitrogen and oxygen atoms in total. The fourth-order valence-electron chi connectivity index (χ4n) is 3.04. The second-order valence-electron chi connectivity index (χ2n) is 6.26. The number of halogens is 2. The fourth-order valence-corrected chi connectivity index (χ4v) is 3.04. The van der Waals surface area contributed by atoms with Crippen LogP contribution in [-0.2, 0) is 11.3 Å². The highest BCUT2D eigenvalue weighted by atomic mass is 19.3. The van der Waals surface area contributed by atoms with E-state index in [9.17, 15) is 13.6 Å². The van der Waals surface area contributed by atoms with Crippen LogP contribution in [0, 0.1) is 5.92 Å². The van der Waals surface area contributed by atoms with Crippen LogP contribution >= 0.6 is 0 Å². The molecule has 128 valence electrons. The Labute approximate surface area is 138 Å². The second kappa shape index (κ2) is 6.62. The van der Waals surface area contributed by atoms with Crippen LogP contribution in [0.15, 0.2) is 24.3 Å². The lowest BCUT2D eigenvalue weighted by Crippen LogP contribution is -2.36.